The molecule has 0 fully saturated rings. The summed E-state index contributed by atoms with van der Waals surface area (Å²) in [6.45, 7) is 2.44. The Balaban J connectivity index is 2.02. The number of rotatable bonds is 2. The number of nitrogens with zero attached hydrogens (tertiary/aromatic N) is 1. The minimum atomic E-state index is 0.158. The Morgan fingerprint density at radius 2 is 2.36 bits per heavy atom. The monoisotopic (exact) mass is 190 g/mol. The summed E-state index contributed by atoms with van der Waals surface area (Å²) < 4.78 is 5.69. The Morgan fingerprint density at radius 1 is 1.57 bits per heavy atom. The maximum Gasteiger partial charge on any atom is 0.123 e. The molecule has 0 saturated heterocycles. The number of aliphatic imine (C=N–C) groups is 1. The van der Waals surface area contributed by atoms with Crippen molar-refractivity contribution in [2.24, 2.45) is 10.7 Å². The first-order valence-corrected chi connectivity index (χ1v) is 4.77. The van der Waals surface area contributed by atoms with Crippen molar-refractivity contribution in [3.05, 3.63) is 29.8 Å². The van der Waals surface area contributed by atoms with Crippen LogP contribution < -0.4 is 10.5 Å². The van der Waals surface area contributed by atoms with Crippen molar-refractivity contribution >= 4 is 5.84 Å². The second-order valence-corrected chi connectivity index (χ2v) is 3.53. The number of ether oxygens (including phenoxy) is 1. The number of para-hydroxylation sites is 1. The average Bonchev–Trinajstić information content (AvgIpc) is 2.57. The zero-order valence-corrected chi connectivity index (χ0v) is 8.23. The molecule has 2 rings (SSSR count). The Bertz CT molecular complexity index is 331. The number of nitrogens with two attached hydrogens (primary N) is 1. The van der Waals surface area contributed by atoms with Gasteiger partial charge in [0.05, 0.1) is 12.4 Å². The molecule has 1 aliphatic heterocycles. The van der Waals surface area contributed by atoms with E-state index in [9.17, 15) is 0 Å². The average molecular weight is 190 g/mol. The molecule has 1 heterocycles. The second kappa shape index (κ2) is 3.70. The lowest BCUT2D eigenvalue weighted by molar-refractivity contribution is 0.242. The standard InChI is InChI=1S/C11H14N2O/c1-8(12)13-7-10-6-9-4-2-3-5-11(9)14-10/h2-5,10H,6-7H2,1H3,(H2,12,13). The minimum Gasteiger partial charge on any atom is -0.488 e. The van der Waals surface area contributed by atoms with Crippen LogP contribution in [-0.2, 0) is 6.42 Å². The van der Waals surface area contributed by atoms with Crippen LogP contribution in [0.2, 0.25) is 0 Å². The van der Waals surface area contributed by atoms with Crippen LogP contribution in [0.25, 0.3) is 0 Å². The molecule has 0 spiro atoms. The van der Waals surface area contributed by atoms with E-state index in [2.05, 4.69) is 11.1 Å². The second-order valence-electron chi connectivity index (χ2n) is 3.53. The molecular formula is C11H14N2O. The molecule has 3 heteroatoms. The van der Waals surface area contributed by atoms with Crippen LogP contribution in [0.4, 0.5) is 0 Å². The van der Waals surface area contributed by atoms with E-state index in [0.717, 1.165) is 12.2 Å². The molecule has 0 saturated carbocycles. The van der Waals surface area contributed by atoms with Gasteiger partial charge in [0.2, 0.25) is 0 Å². The molecular weight excluding hydrogens is 176 g/mol. The van der Waals surface area contributed by atoms with E-state index in [1.54, 1.807) is 6.92 Å². The zero-order valence-electron chi connectivity index (χ0n) is 8.23. The summed E-state index contributed by atoms with van der Waals surface area (Å²) in [5, 5.41) is 0. The molecule has 74 valence electrons. The van der Waals surface area contributed by atoms with Crippen molar-refractivity contribution in [1.29, 1.82) is 0 Å². The smallest absolute Gasteiger partial charge is 0.123 e. The first-order valence-electron chi connectivity index (χ1n) is 4.77. The third-order valence-electron chi connectivity index (χ3n) is 2.26. The van der Waals surface area contributed by atoms with E-state index in [4.69, 9.17) is 10.5 Å². The maximum absolute atomic E-state index is 5.69. The van der Waals surface area contributed by atoms with Gasteiger partial charge in [-0.15, -0.1) is 0 Å². The fraction of sp³-hybridized carbons (Fsp3) is 0.364. The van der Waals surface area contributed by atoms with Crippen LogP contribution >= 0.6 is 0 Å². The van der Waals surface area contributed by atoms with E-state index in [0.29, 0.717) is 12.4 Å². The normalized spacial score (nSPS) is 20.4. The van der Waals surface area contributed by atoms with Crippen molar-refractivity contribution in [2.75, 3.05) is 6.54 Å². The van der Waals surface area contributed by atoms with Gasteiger partial charge in [-0.05, 0) is 18.6 Å². The number of amidine groups is 1. The van der Waals surface area contributed by atoms with Crippen molar-refractivity contribution in [3.8, 4) is 5.75 Å². The summed E-state index contributed by atoms with van der Waals surface area (Å²) in [6, 6.07) is 8.10. The predicted octanol–water partition coefficient (Wildman–Crippen LogP) is 1.37. The molecule has 3 nitrogen and oxygen atoms in total. The summed E-state index contributed by atoms with van der Waals surface area (Å²) in [6.07, 6.45) is 1.10. The molecule has 1 atom stereocenters. The third kappa shape index (κ3) is 1.87. The third-order valence-corrected chi connectivity index (χ3v) is 2.26. The molecule has 0 amide bonds. The lowest BCUT2D eigenvalue weighted by Crippen LogP contribution is -2.19. The number of fused-ring (bicyclic) bond motifs is 1. The number of hydrogen-bond donors (Lipinski definition) is 1. The summed E-state index contributed by atoms with van der Waals surface area (Å²) in [5.74, 6) is 1.60. The molecule has 2 N–H and O–H groups in total. The topological polar surface area (TPSA) is 47.6 Å². The zero-order chi connectivity index (χ0) is 9.97. The van der Waals surface area contributed by atoms with E-state index in [-0.39, 0.29) is 6.10 Å². The van der Waals surface area contributed by atoms with Gasteiger partial charge in [-0.25, -0.2) is 0 Å². The van der Waals surface area contributed by atoms with Crippen molar-refractivity contribution in [1.82, 2.24) is 0 Å². The SMILES string of the molecule is CC(N)=NCC1Cc2ccccc2O1. The Hall–Kier alpha value is -1.51. The van der Waals surface area contributed by atoms with Crippen LogP contribution in [0.15, 0.2) is 29.3 Å². The Kier molecular flexibility index (Phi) is 2.39. The minimum absolute atomic E-state index is 0.158. The van der Waals surface area contributed by atoms with Gasteiger partial charge in [0.25, 0.3) is 0 Å². The first kappa shape index (κ1) is 9.06. The molecule has 14 heavy (non-hydrogen) atoms. The van der Waals surface area contributed by atoms with Crippen LogP contribution in [0, 0.1) is 0 Å². The summed E-state index contributed by atoms with van der Waals surface area (Å²) in [5.41, 5.74) is 6.74. The van der Waals surface area contributed by atoms with Gasteiger partial charge in [0.15, 0.2) is 0 Å². The highest BCUT2D eigenvalue weighted by Gasteiger charge is 2.21. The Labute approximate surface area is 83.6 Å². The van der Waals surface area contributed by atoms with Crippen LogP contribution in [-0.4, -0.2) is 18.5 Å². The van der Waals surface area contributed by atoms with E-state index < -0.39 is 0 Å². The molecule has 0 radical (unpaired) electrons. The summed E-state index contributed by atoms with van der Waals surface area (Å²) >= 11 is 0. The van der Waals surface area contributed by atoms with Crippen molar-refractivity contribution < 1.29 is 4.74 Å². The fourth-order valence-electron chi connectivity index (χ4n) is 1.60. The quantitative estimate of drug-likeness (QED) is 0.565. The van der Waals surface area contributed by atoms with Crippen LogP contribution in [0.3, 0.4) is 0 Å². The molecule has 0 aromatic heterocycles. The van der Waals surface area contributed by atoms with Gasteiger partial charge in [-0.3, -0.25) is 4.99 Å². The molecule has 1 aromatic rings. The van der Waals surface area contributed by atoms with Gasteiger partial charge in [-0.2, -0.15) is 0 Å². The molecule has 1 aromatic carbocycles. The molecule has 0 bridgehead atoms. The van der Waals surface area contributed by atoms with E-state index in [1.807, 2.05) is 18.2 Å². The van der Waals surface area contributed by atoms with Gasteiger partial charge in [0.1, 0.15) is 11.9 Å². The van der Waals surface area contributed by atoms with Gasteiger partial charge in [-0.1, -0.05) is 18.2 Å². The van der Waals surface area contributed by atoms with Crippen molar-refractivity contribution in [3.63, 3.8) is 0 Å². The highest BCUT2D eigenvalue weighted by Crippen LogP contribution is 2.27. The summed E-state index contributed by atoms with van der Waals surface area (Å²) in [7, 11) is 0. The van der Waals surface area contributed by atoms with Gasteiger partial charge >= 0.3 is 0 Å². The number of benzene rings is 1. The molecule has 1 aliphatic rings. The lowest BCUT2D eigenvalue weighted by atomic mass is 10.1. The van der Waals surface area contributed by atoms with E-state index in [1.165, 1.54) is 5.56 Å². The summed E-state index contributed by atoms with van der Waals surface area (Å²) in [4.78, 5) is 4.16. The van der Waals surface area contributed by atoms with Gasteiger partial charge < -0.3 is 10.5 Å². The molecule has 0 aliphatic carbocycles. The largest absolute Gasteiger partial charge is 0.488 e. The van der Waals surface area contributed by atoms with Crippen LogP contribution in [0.5, 0.6) is 5.75 Å². The van der Waals surface area contributed by atoms with Crippen LogP contribution in [0.1, 0.15) is 12.5 Å². The maximum atomic E-state index is 5.69. The van der Waals surface area contributed by atoms with Gasteiger partial charge in [0, 0.05) is 6.42 Å². The lowest BCUT2D eigenvalue weighted by Gasteiger charge is -2.06. The first-order chi connectivity index (χ1) is 6.75. The fourth-order valence-corrected chi connectivity index (χ4v) is 1.60. The molecule has 1 unspecified atom stereocenters. The highest BCUT2D eigenvalue weighted by atomic mass is 16.5. The van der Waals surface area contributed by atoms with E-state index >= 15 is 0 Å². The highest BCUT2D eigenvalue weighted by molar-refractivity contribution is 5.77. The number of hydrogen-bond acceptors (Lipinski definition) is 2. The predicted molar refractivity (Wildman–Crippen MR) is 56.7 cm³/mol. The Morgan fingerprint density at radius 3 is 3.07 bits per heavy atom. The van der Waals surface area contributed by atoms with Crippen molar-refractivity contribution in [2.45, 2.75) is 19.4 Å².